The summed E-state index contributed by atoms with van der Waals surface area (Å²) in [6, 6.07) is 0. The van der Waals surface area contributed by atoms with Gasteiger partial charge in [-0.15, -0.1) is 0 Å². The largest absolute Gasteiger partial charge is 0.481 e. The van der Waals surface area contributed by atoms with Crippen molar-refractivity contribution in [3.63, 3.8) is 0 Å². The van der Waals surface area contributed by atoms with Crippen LogP contribution < -0.4 is 5.50 Å². The van der Waals surface area contributed by atoms with Crippen molar-refractivity contribution < 1.29 is 9.90 Å². The molecule has 36 valence electrons. The molecule has 0 bridgehead atoms. The van der Waals surface area contributed by atoms with E-state index < -0.39 is 5.97 Å². The van der Waals surface area contributed by atoms with Crippen molar-refractivity contribution in [2.45, 2.75) is 0 Å². The van der Waals surface area contributed by atoms with Crippen LogP contribution in [-0.2, 0) is 4.79 Å². The molecule has 0 saturated heterocycles. The molecule has 0 fully saturated rings. The van der Waals surface area contributed by atoms with E-state index in [0.29, 0.717) is 0 Å². The van der Waals surface area contributed by atoms with E-state index >= 15 is 0 Å². The predicted molar refractivity (Wildman–Crippen MR) is 25.0 cm³/mol. The Hall–Kier alpha value is -0.140. The van der Waals surface area contributed by atoms with Crippen molar-refractivity contribution in [2.24, 2.45) is 5.50 Å². The fraction of sp³-hybridized carbons (Fsp3) is 0.500. The lowest BCUT2D eigenvalue weighted by Gasteiger charge is -1.80. The topological polar surface area (TPSA) is 63.3 Å². The van der Waals surface area contributed by atoms with Crippen LogP contribution >= 0.6 is 8.73 Å². The van der Waals surface area contributed by atoms with Crippen molar-refractivity contribution in [3.05, 3.63) is 0 Å². The fourth-order valence-corrected chi connectivity index (χ4v) is 0.262. The average molecular weight is 107 g/mol. The Kier molecular flexibility index (Phi) is 2.99. The van der Waals surface area contributed by atoms with Crippen LogP contribution in [0, 0.1) is 0 Å². The Labute approximate surface area is 37.4 Å². The lowest BCUT2D eigenvalue weighted by Crippen LogP contribution is -1.97. The highest BCUT2D eigenvalue weighted by atomic mass is 31.1. The van der Waals surface area contributed by atoms with Gasteiger partial charge in [0.05, 0.1) is 6.16 Å². The molecule has 0 aliphatic carbocycles. The SMILES string of the molecule is NPCC(=O)O. The summed E-state index contributed by atoms with van der Waals surface area (Å²) in [6.45, 7) is 0. The Morgan fingerprint density at radius 2 is 2.50 bits per heavy atom. The van der Waals surface area contributed by atoms with Gasteiger partial charge < -0.3 is 10.6 Å². The molecule has 0 radical (unpaired) electrons. The third-order valence-electron chi connectivity index (χ3n) is 0.253. The van der Waals surface area contributed by atoms with Gasteiger partial charge in [-0.3, -0.25) is 4.79 Å². The number of carboxylic acids is 1. The summed E-state index contributed by atoms with van der Waals surface area (Å²) in [4.78, 5) is 9.53. The van der Waals surface area contributed by atoms with Gasteiger partial charge in [0.15, 0.2) is 0 Å². The highest BCUT2D eigenvalue weighted by Crippen LogP contribution is 1.90. The molecule has 3 N–H and O–H groups in total. The number of rotatable bonds is 2. The van der Waals surface area contributed by atoms with E-state index in [0.717, 1.165) is 0 Å². The van der Waals surface area contributed by atoms with Gasteiger partial charge in [-0.05, 0) is 8.73 Å². The molecule has 1 unspecified atom stereocenters. The van der Waals surface area contributed by atoms with E-state index in [9.17, 15) is 4.79 Å². The van der Waals surface area contributed by atoms with Crippen LogP contribution in [0.15, 0.2) is 0 Å². The zero-order valence-corrected chi connectivity index (χ0v) is 4.14. The van der Waals surface area contributed by atoms with Crippen molar-refractivity contribution >= 4 is 14.7 Å². The van der Waals surface area contributed by atoms with Gasteiger partial charge in [-0.1, -0.05) is 0 Å². The number of nitrogens with two attached hydrogens (primary N) is 1. The maximum absolute atomic E-state index is 9.53. The molecule has 0 spiro atoms. The van der Waals surface area contributed by atoms with E-state index in [-0.39, 0.29) is 14.9 Å². The summed E-state index contributed by atoms with van der Waals surface area (Å²) in [5, 5.41) is 7.84. The molecule has 1 atom stereocenters. The first kappa shape index (κ1) is 5.86. The summed E-state index contributed by atoms with van der Waals surface area (Å²) in [7, 11) is 0.0386. The van der Waals surface area contributed by atoms with E-state index in [1.165, 1.54) is 0 Å². The molecule has 0 amide bonds. The van der Waals surface area contributed by atoms with E-state index in [4.69, 9.17) is 10.6 Å². The maximum Gasteiger partial charge on any atom is 0.308 e. The molecule has 0 aliphatic heterocycles. The Bertz CT molecular complexity index is 55.5. The van der Waals surface area contributed by atoms with E-state index in [1.807, 2.05) is 0 Å². The number of carboxylic acid groups (broad SMARTS) is 1. The monoisotopic (exact) mass is 107 g/mol. The minimum absolute atomic E-state index is 0.0386. The number of aliphatic carboxylic acids is 1. The van der Waals surface area contributed by atoms with Crippen LogP contribution in [-0.4, -0.2) is 17.2 Å². The first-order valence-electron chi connectivity index (χ1n) is 1.42. The van der Waals surface area contributed by atoms with E-state index in [1.54, 1.807) is 0 Å². The normalized spacial score (nSPS) is 10.2. The van der Waals surface area contributed by atoms with Crippen molar-refractivity contribution in [2.75, 3.05) is 6.16 Å². The Morgan fingerprint density at radius 1 is 2.00 bits per heavy atom. The lowest BCUT2D eigenvalue weighted by atomic mass is 10.8. The second-order valence-corrected chi connectivity index (χ2v) is 1.54. The minimum atomic E-state index is -0.823. The third-order valence-corrected chi connectivity index (χ3v) is 0.760. The van der Waals surface area contributed by atoms with Gasteiger partial charge in [-0.25, -0.2) is 0 Å². The number of carbonyl (C=O) groups is 1. The highest BCUT2D eigenvalue weighted by Gasteiger charge is 1.87. The molecule has 3 nitrogen and oxygen atoms in total. The van der Waals surface area contributed by atoms with Crippen LogP contribution in [0.1, 0.15) is 0 Å². The van der Waals surface area contributed by atoms with Crippen LogP contribution in [0.4, 0.5) is 0 Å². The predicted octanol–water partition coefficient (Wildman–Crippen LogP) is -0.377. The molecule has 6 heavy (non-hydrogen) atoms. The summed E-state index contributed by atoms with van der Waals surface area (Å²) in [5.74, 6) is -0.823. The van der Waals surface area contributed by atoms with Gasteiger partial charge in [0.1, 0.15) is 0 Å². The standard InChI is InChI=1S/C2H6NO2P/c3-6-1-2(4)5/h6H,1,3H2,(H,4,5). The zero-order chi connectivity index (χ0) is 4.99. The first-order valence-corrected chi connectivity index (χ1v) is 2.71. The summed E-state index contributed by atoms with van der Waals surface area (Å²) in [5.41, 5.74) is 4.88. The molecular weight excluding hydrogens is 101 g/mol. The molecule has 0 aliphatic rings. The van der Waals surface area contributed by atoms with E-state index in [2.05, 4.69) is 0 Å². The van der Waals surface area contributed by atoms with Gasteiger partial charge in [0, 0.05) is 0 Å². The first-order chi connectivity index (χ1) is 2.77. The highest BCUT2D eigenvalue weighted by molar-refractivity contribution is 7.36. The van der Waals surface area contributed by atoms with Crippen molar-refractivity contribution in [1.82, 2.24) is 0 Å². The molecule has 0 rings (SSSR count). The lowest BCUT2D eigenvalue weighted by molar-refractivity contribution is -0.133. The number of hydrogen-bond acceptors (Lipinski definition) is 2. The molecule has 0 heterocycles. The summed E-state index contributed by atoms with van der Waals surface area (Å²) < 4.78 is 0. The average Bonchev–Trinajstić information content (AvgIpc) is 1.35. The van der Waals surface area contributed by atoms with Crippen LogP contribution in [0.5, 0.6) is 0 Å². The second kappa shape index (κ2) is 3.07. The third kappa shape index (κ3) is 3.86. The smallest absolute Gasteiger partial charge is 0.308 e. The molecule has 0 aromatic carbocycles. The van der Waals surface area contributed by atoms with Crippen LogP contribution in [0.3, 0.4) is 0 Å². The summed E-state index contributed by atoms with van der Waals surface area (Å²) in [6.07, 6.45) is 0.0972. The fourth-order valence-electron chi connectivity index (χ4n) is 0.0873. The summed E-state index contributed by atoms with van der Waals surface area (Å²) >= 11 is 0. The molecule has 4 heteroatoms. The molecular formula is C2H6NO2P. The molecule has 0 aromatic rings. The minimum Gasteiger partial charge on any atom is -0.481 e. The van der Waals surface area contributed by atoms with Gasteiger partial charge in [0.2, 0.25) is 0 Å². The Morgan fingerprint density at radius 3 is 2.50 bits per heavy atom. The van der Waals surface area contributed by atoms with Gasteiger partial charge >= 0.3 is 5.97 Å². The number of hydrogen-bond donors (Lipinski definition) is 2. The Balaban J connectivity index is 2.83. The van der Waals surface area contributed by atoms with Crippen molar-refractivity contribution in [1.29, 1.82) is 0 Å². The van der Waals surface area contributed by atoms with Gasteiger partial charge in [-0.2, -0.15) is 0 Å². The quantitative estimate of drug-likeness (QED) is 0.473. The maximum atomic E-state index is 9.53. The van der Waals surface area contributed by atoms with Crippen LogP contribution in [0.25, 0.3) is 0 Å². The van der Waals surface area contributed by atoms with Gasteiger partial charge in [0.25, 0.3) is 0 Å². The second-order valence-electron chi connectivity index (χ2n) is 0.775. The molecule has 0 saturated carbocycles. The van der Waals surface area contributed by atoms with Crippen molar-refractivity contribution in [3.8, 4) is 0 Å². The zero-order valence-electron chi connectivity index (χ0n) is 3.14. The molecule has 0 aromatic heterocycles. The van der Waals surface area contributed by atoms with Crippen LogP contribution in [0.2, 0.25) is 0 Å².